The minimum absolute atomic E-state index is 0. The van der Waals surface area contributed by atoms with Gasteiger partial charge < -0.3 is 21.5 Å². The predicted molar refractivity (Wildman–Crippen MR) is 104 cm³/mol. The zero-order valence-electron chi connectivity index (χ0n) is 16.5. The molecule has 140 valence electrons. The number of quaternary nitrogens is 1. The highest BCUT2D eigenvalue weighted by molar-refractivity contribution is 5.83. The van der Waals surface area contributed by atoms with Gasteiger partial charge in [-0.05, 0) is 30.0 Å². The molecular formula is C22H31ClN3+. The maximum absolute atomic E-state index is 2.30. The molecule has 0 aliphatic heterocycles. The second kappa shape index (κ2) is 8.70. The Morgan fingerprint density at radius 2 is 1.65 bits per heavy atom. The first-order valence-corrected chi connectivity index (χ1v) is 9.24. The fraction of sp³-hybridized carbons (Fsp3) is 0.409. The molecule has 26 heavy (non-hydrogen) atoms. The average Bonchev–Trinajstić information content (AvgIpc) is 2.90. The van der Waals surface area contributed by atoms with E-state index in [1.165, 1.54) is 35.0 Å². The number of para-hydroxylation sites is 1. The lowest BCUT2D eigenvalue weighted by molar-refractivity contribution is -0.873. The summed E-state index contributed by atoms with van der Waals surface area (Å²) in [5.74, 6) is 0. The molecule has 0 aliphatic rings. The third-order valence-electron chi connectivity index (χ3n) is 4.87. The number of hydrogen-bond acceptors (Lipinski definition) is 0. The summed E-state index contributed by atoms with van der Waals surface area (Å²) in [6.07, 6.45) is 10.1. The molecule has 0 saturated heterocycles. The summed E-state index contributed by atoms with van der Waals surface area (Å²) in [5, 5.41) is 1.39. The Balaban J connectivity index is 0.00000243. The van der Waals surface area contributed by atoms with Crippen LogP contribution in [0.1, 0.15) is 17.5 Å². The van der Waals surface area contributed by atoms with Crippen LogP contribution in [0.3, 0.4) is 0 Å². The Labute approximate surface area is 163 Å². The van der Waals surface area contributed by atoms with Crippen molar-refractivity contribution in [2.45, 2.75) is 25.8 Å². The molecule has 2 aromatic heterocycles. The van der Waals surface area contributed by atoms with Crippen molar-refractivity contribution in [2.75, 3.05) is 27.7 Å². The average molecular weight is 373 g/mol. The minimum atomic E-state index is 0. The summed E-state index contributed by atoms with van der Waals surface area (Å²) in [4.78, 5) is 0. The van der Waals surface area contributed by atoms with Gasteiger partial charge in [-0.25, -0.2) is 4.57 Å². The fourth-order valence-corrected chi connectivity index (χ4v) is 3.44. The molecule has 1 aromatic carbocycles. The summed E-state index contributed by atoms with van der Waals surface area (Å²) < 4.78 is 5.57. The Morgan fingerprint density at radius 1 is 0.962 bits per heavy atom. The van der Waals surface area contributed by atoms with E-state index in [-0.39, 0.29) is 12.4 Å². The van der Waals surface area contributed by atoms with Crippen LogP contribution in [-0.4, -0.2) is 36.7 Å². The minimum Gasteiger partial charge on any atom is -1.00 e. The molecule has 0 radical (unpaired) electrons. The van der Waals surface area contributed by atoms with Crippen molar-refractivity contribution >= 4 is 10.9 Å². The van der Waals surface area contributed by atoms with Crippen molar-refractivity contribution < 1.29 is 21.5 Å². The van der Waals surface area contributed by atoms with E-state index >= 15 is 0 Å². The van der Waals surface area contributed by atoms with Gasteiger partial charge in [-0.2, -0.15) is 0 Å². The van der Waals surface area contributed by atoms with E-state index < -0.39 is 0 Å². The standard InChI is InChI=1S/C22H31N3.ClH/c1-23-18-20(21-8-5-6-9-22(21)23)11-10-19-12-15-24(16-13-19)14-7-17-25(2,3)4;/h5-6,8-9,12-13,15-16,18H,7,10-11,14,17H2,1-4H3;1H/q+2;/p-1. The highest BCUT2D eigenvalue weighted by atomic mass is 35.5. The van der Waals surface area contributed by atoms with Crippen molar-refractivity contribution in [1.29, 1.82) is 0 Å². The third-order valence-corrected chi connectivity index (χ3v) is 4.87. The maximum atomic E-state index is 2.30. The van der Waals surface area contributed by atoms with Gasteiger partial charge in [-0.1, -0.05) is 18.2 Å². The van der Waals surface area contributed by atoms with Gasteiger partial charge in [0.1, 0.15) is 0 Å². The van der Waals surface area contributed by atoms with Crippen molar-refractivity contribution in [1.82, 2.24) is 4.57 Å². The quantitative estimate of drug-likeness (QED) is 0.418. The number of aromatic nitrogens is 2. The molecule has 4 heteroatoms. The lowest BCUT2D eigenvalue weighted by atomic mass is 10.0. The van der Waals surface area contributed by atoms with Crippen LogP contribution < -0.4 is 17.0 Å². The number of pyridine rings is 1. The van der Waals surface area contributed by atoms with Crippen LogP contribution in [-0.2, 0) is 26.4 Å². The molecule has 0 amide bonds. The van der Waals surface area contributed by atoms with E-state index in [0.29, 0.717) is 0 Å². The number of hydrogen-bond donors (Lipinski definition) is 0. The molecule has 0 atom stereocenters. The Morgan fingerprint density at radius 3 is 2.35 bits per heavy atom. The lowest BCUT2D eigenvalue weighted by Gasteiger charge is -2.22. The van der Waals surface area contributed by atoms with E-state index in [4.69, 9.17) is 0 Å². The van der Waals surface area contributed by atoms with Gasteiger partial charge in [0.2, 0.25) is 0 Å². The van der Waals surface area contributed by atoms with Crippen LogP contribution in [0.2, 0.25) is 0 Å². The number of nitrogens with zero attached hydrogens (tertiary/aromatic N) is 3. The smallest absolute Gasteiger partial charge is 0.169 e. The normalized spacial score (nSPS) is 11.5. The van der Waals surface area contributed by atoms with Crippen LogP contribution in [0.4, 0.5) is 0 Å². The number of rotatable bonds is 7. The Hall–Kier alpha value is -1.84. The van der Waals surface area contributed by atoms with E-state index in [1.807, 2.05) is 0 Å². The van der Waals surface area contributed by atoms with Crippen molar-refractivity contribution in [3.05, 3.63) is 66.1 Å². The molecule has 0 fully saturated rings. The molecule has 0 spiro atoms. The lowest BCUT2D eigenvalue weighted by Crippen LogP contribution is -3.00. The zero-order valence-corrected chi connectivity index (χ0v) is 17.2. The zero-order chi connectivity index (χ0) is 17.9. The molecule has 0 saturated carbocycles. The van der Waals surface area contributed by atoms with Gasteiger partial charge in [0.25, 0.3) is 0 Å². The Bertz CT molecular complexity index is 829. The first-order chi connectivity index (χ1) is 11.9. The monoisotopic (exact) mass is 372 g/mol. The fourth-order valence-electron chi connectivity index (χ4n) is 3.44. The van der Waals surface area contributed by atoms with Gasteiger partial charge in [0, 0.05) is 36.3 Å². The van der Waals surface area contributed by atoms with Crippen LogP contribution in [0, 0.1) is 0 Å². The number of benzene rings is 1. The number of aryl methyl sites for hydroxylation is 4. The largest absolute Gasteiger partial charge is 1.00 e. The highest BCUT2D eigenvalue weighted by Crippen LogP contribution is 2.21. The van der Waals surface area contributed by atoms with Gasteiger partial charge in [-0.3, -0.25) is 0 Å². The number of fused-ring (bicyclic) bond motifs is 1. The van der Waals surface area contributed by atoms with Gasteiger partial charge in [-0.15, -0.1) is 0 Å². The topological polar surface area (TPSA) is 8.81 Å². The second-order valence-corrected chi connectivity index (χ2v) is 8.09. The molecule has 3 aromatic rings. The highest BCUT2D eigenvalue weighted by Gasteiger charge is 2.10. The van der Waals surface area contributed by atoms with Gasteiger partial charge >= 0.3 is 0 Å². The summed E-state index contributed by atoms with van der Waals surface area (Å²) in [7, 11) is 8.89. The first-order valence-electron chi connectivity index (χ1n) is 9.24. The third kappa shape index (κ3) is 5.33. The van der Waals surface area contributed by atoms with E-state index in [0.717, 1.165) is 23.9 Å². The summed E-state index contributed by atoms with van der Waals surface area (Å²) in [6.45, 7) is 2.30. The van der Waals surface area contributed by atoms with E-state index in [1.54, 1.807) is 0 Å². The van der Waals surface area contributed by atoms with Crippen LogP contribution in [0.15, 0.2) is 55.0 Å². The van der Waals surface area contributed by atoms with Crippen LogP contribution in [0.25, 0.3) is 10.9 Å². The molecule has 0 bridgehead atoms. The van der Waals surface area contributed by atoms with Crippen molar-refractivity contribution in [3.63, 3.8) is 0 Å². The molecule has 3 rings (SSSR count). The predicted octanol–water partition coefficient (Wildman–Crippen LogP) is 0.351. The molecular weight excluding hydrogens is 342 g/mol. The summed E-state index contributed by atoms with van der Waals surface area (Å²) in [5.41, 5.74) is 4.18. The second-order valence-electron chi connectivity index (χ2n) is 8.09. The molecule has 3 nitrogen and oxygen atoms in total. The van der Waals surface area contributed by atoms with Gasteiger partial charge in [0.15, 0.2) is 18.9 Å². The van der Waals surface area contributed by atoms with Gasteiger partial charge in [0.05, 0.1) is 34.1 Å². The van der Waals surface area contributed by atoms with Crippen LogP contribution >= 0.6 is 0 Å². The molecule has 0 unspecified atom stereocenters. The molecule has 0 aliphatic carbocycles. The van der Waals surface area contributed by atoms with Crippen molar-refractivity contribution in [2.24, 2.45) is 7.05 Å². The van der Waals surface area contributed by atoms with E-state index in [2.05, 4.69) is 92.3 Å². The first kappa shape index (κ1) is 20.5. The maximum Gasteiger partial charge on any atom is 0.169 e. The van der Waals surface area contributed by atoms with Crippen LogP contribution in [0.5, 0.6) is 0 Å². The molecule has 0 N–H and O–H groups in total. The van der Waals surface area contributed by atoms with E-state index in [9.17, 15) is 0 Å². The van der Waals surface area contributed by atoms with Crippen molar-refractivity contribution in [3.8, 4) is 0 Å². The molecule has 2 heterocycles. The summed E-state index contributed by atoms with van der Waals surface area (Å²) >= 11 is 0. The summed E-state index contributed by atoms with van der Waals surface area (Å²) in [6, 6.07) is 13.2. The SMILES string of the molecule is Cn1cc(CCc2cc[n+](CCC[N+](C)(C)C)cc2)c2ccccc21.[Cl-]. The number of halogens is 1. The Kier molecular flexibility index (Phi) is 6.85.